The Morgan fingerprint density at radius 3 is 2.62 bits per heavy atom. The number of rotatable bonds is 1. The molecule has 4 nitrogen and oxygen atoms in total. The molecule has 3 unspecified atom stereocenters. The summed E-state index contributed by atoms with van der Waals surface area (Å²) in [6.45, 7) is 3.19. The van der Waals surface area contributed by atoms with Crippen molar-refractivity contribution in [2.45, 2.75) is 56.8 Å². The average Bonchev–Trinajstić information content (AvgIpc) is 2.75. The Bertz CT molecular complexity index is 246. The van der Waals surface area contributed by atoms with E-state index >= 15 is 0 Å². The zero-order valence-electron chi connectivity index (χ0n) is 9.94. The quantitative estimate of drug-likeness (QED) is 0.683. The Morgan fingerprint density at radius 1 is 0.938 bits per heavy atom. The third kappa shape index (κ3) is 1.88. The van der Waals surface area contributed by atoms with E-state index in [4.69, 9.17) is 0 Å². The highest BCUT2D eigenvalue weighted by molar-refractivity contribution is 4.92. The van der Waals surface area contributed by atoms with Crippen molar-refractivity contribution in [3.05, 3.63) is 0 Å². The third-order valence-corrected chi connectivity index (χ3v) is 4.38. The van der Waals surface area contributed by atoms with Gasteiger partial charge in [-0.25, -0.2) is 10.0 Å². The molecule has 2 saturated heterocycles. The first-order chi connectivity index (χ1) is 7.86. The van der Waals surface area contributed by atoms with Crippen LogP contribution < -0.4 is 5.32 Å². The highest BCUT2D eigenvalue weighted by atomic mass is 16.3. The normalized spacial score (nSPS) is 42.2. The number of fused-ring (bicyclic) bond motifs is 1. The van der Waals surface area contributed by atoms with E-state index in [0.717, 1.165) is 32.5 Å². The second kappa shape index (κ2) is 4.61. The number of nitrogens with one attached hydrogen (secondary N) is 1. The van der Waals surface area contributed by atoms with Gasteiger partial charge in [0.15, 0.2) is 0 Å². The van der Waals surface area contributed by atoms with E-state index in [-0.39, 0.29) is 6.23 Å². The molecule has 0 radical (unpaired) electrons. The summed E-state index contributed by atoms with van der Waals surface area (Å²) in [5.74, 6) is 0. The van der Waals surface area contributed by atoms with Gasteiger partial charge < -0.3 is 10.4 Å². The van der Waals surface area contributed by atoms with Gasteiger partial charge in [-0.3, -0.25) is 0 Å². The summed E-state index contributed by atoms with van der Waals surface area (Å²) in [4.78, 5) is 0. The van der Waals surface area contributed by atoms with E-state index in [2.05, 4.69) is 15.3 Å². The molecule has 3 atom stereocenters. The molecule has 92 valence electrons. The van der Waals surface area contributed by atoms with Crippen molar-refractivity contribution in [3.63, 3.8) is 0 Å². The molecule has 4 heteroatoms. The highest BCUT2D eigenvalue weighted by Crippen LogP contribution is 2.29. The number of piperazine rings is 1. The molecule has 0 aromatic carbocycles. The number of hydrogen-bond acceptors (Lipinski definition) is 4. The van der Waals surface area contributed by atoms with Crippen molar-refractivity contribution in [3.8, 4) is 0 Å². The van der Waals surface area contributed by atoms with Crippen molar-refractivity contribution in [2.24, 2.45) is 0 Å². The predicted octanol–water partition coefficient (Wildman–Crippen LogP) is 0.532. The summed E-state index contributed by atoms with van der Waals surface area (Å²) < 4.78 is 0. The van der Waals surface area contributed by atoms with Gasteiger partial charge in [-0.05, 0) is 25.7 Å². The highest BCUT2D eigenvalue weighted by Gasteiger charge is 2.39. The molecular weight excluding hydrogens is 202 g/mol. The van der Waals surface area contributed by atoms with Gasteiger partial charge in [0.2, 0.25) is 0 Å². The Morgan fingerprint density at radius 2 is 1.81 bits per heavy atom. The van der Waals surface area contributed by atoms with Gasteiger partial charge in [0.05, 0.1) is 0 Å². The maximum atomic E-state index is 10.00. The largest absolute Gasteiger partial charge is 0.377 e. The summed E-state index contributed by atoms with van der Waals surface area (Å²) in [7, 11) is 0. The van der Waals surface area contributed by atoms with Crippen LogP contribution in [0.5, 0.6) is 0 Å². The fourth-order valence-electron chi connectivity index (χ4n) is 3.59. The summed E-state index contributed by atoms with van der Waals surface area (Å²) in [5, 5.41) is 18.3. The lowest BCUT2D eigenvalue weighted by Gasteiger charge is -2.48. The van der Waals surface area contributed by atoms with Crippen molar-refractivity contribution in [2.75, 3.05) is 19.6 Å². The number of hydrogen-bond donors (Lipinski definition) is 2. The fourth-order valence-corrected chi connectivity index (χ4v) is 3.59. The first kappa shape index (κ1) is 11.0. The lowest BCUT2D eigenvalue weighted by Crippen LogP contribution is -2.64. The van der Waals surface area contributed by atoms with Crippen LogP contribution in [0.4, 0.5) is 0 Å². The van der Waals surface area contributed by atoms with E-state index < -0.39 is 0 Å². The van der Waals surface area contributed by atoms with Gasteiger partial charge >= 0.3 is 0 Å². The molecule has 0 spiro atoms. The third-order valence-electron chi connectivity index (χ3n) is 4.38. The van der Waals surface area contributed by atoms with Crippen molar-refractivity contribution in [1.82, 2.24) is 15.3 Å². The Kier molecular flexibility index (Phi) is 3.16. The number of hydrazine groups is 1. The molecule has 2 aliphatic heterocycles. The maximum absolute atomic E-state index is 10.00. The van der Waals surface area contributed by atoms with Gasteiger partial charge in [-0.15, -0.1) is 0 Å². The summed E-state index contributed by atoms with van der Waals surface area (Å²) in [6.07, 6.45) is 7.18. The molecule has 3 rings (SSSR count). The number of aliphatic hydroxyl groups is 1. The van der Waals surface area contributed by atoms with E-state index in [1.54, 1.807) is 0 Å². The Balaban J connectivity index is 1.72. The fraction of sp³-hybridized carbons (Fsp3) is 1.00. The molecule has 1 saturated carbocycles. The molecule has 0 aromatic rings. The minimum absolute atomic E-state index is 0.222. The van der Waals surface area contributed by atoms with Crippen LogP contribution in [0.3, 0.4) is 0 Å². The predicted molar refractivity (Wildman–Crippen MR) is 62.7 cm³/mol. The number of nitrogens with zero attached hydrogens (tertiary/aromatic N) is 2. The zero-order chi connectivity index (χ0) is 11.0. The Hall–Kier alpha value is -0.160. The van der Waals surface area contributed by atoms with Crippen LogP contribution >= 0.6 is 0 Å². The molecular formula is C12H23N3O. The summed E-state index contributed by atoms with van der Waals surface area (Å²) in [5.41, 5.74) is 0. The summed E-state index contributed by atoms with van der Waals surface area (Å²) >= 11 is 0. The van der Waals surface area contributed by atoms with Crippen LogP contribution in [0.25, 0.3) is 0 Å². The monoisotopic (exact) mass is 225 g/mol. The molecule has 3 fully saturated rings. The van der Waals surface area contributed by atoms with Crippen LogP contribution in [0.15, 0.2) is 0 Å². The first-order valence-corrected chi connectivity index (χ1v) is 6.81. The van der Waals surface area contributed by atoms with E-state index in [0.29, 0.717) is 12.1 Å². The van der Waals surface area contributed by atoms with Crippen LogP contribution in [0, 0.1) is 0 Å². The minimum Gasteiger partial charge on any atom is -0.377 e. The van der Waals surface area contributed by atoms with Gasteiger partial charge in [-0.1, -0.05) is 12.8 Å². The molecule has 1 aliphatic carbocycles. The van der Waals surface area contributed by atoms with Gasteiger partial charge in [0, 0.05) is 31.7 Å². The molecule has 0 aromatic heterocycles. The topological polar surface area (TPSA) is 38.7 Å². The van der Waals surface area contributed by atoms with E-state index in [1.807, 2.05) is 0 Å². The van der Waals surface area contributed by atoms with Crippen LogP contribution in [0.1, 0.15) is 38.5 Å². The molecule has 2 heterocycles. The number of aliphatic hydroxyl groups excluding tert-OH is 1. The minimum atomic E-state index is -0.222. The lowest BCUT2D eigenvalue weighted by atomic mass is 9.88. The van der Waals surface area contributed by atoms with Gasteiger partial charge in [0.1, 0.15) is 6.23 Å². The second-order valence-corrected chi connectivity index (χ2v) is 5.36. The van der Waals surface area contributed by atoms with Crippen LogP contribution in [0.2, 0.25) is 0 Å². The molecule has 2 N–H and O–H groups in total. The smallest absolute Gasteiger partial charge is 0.120 e. The van der Waals surface area contributed by atoms with Gasteiger partial charge in [0.25, 0.3) is 0 Å². The SMILES string of the molecule is OC1CCCN1N1CCNC2CCCCC21. The van der Waals surface area contributed by atoms with E-state index in [9.17, 15) is 5.11 Å². The molecule has 0 amide bonds. The van der Waals surface area contributed by atoms with Crippen molar-refractivity contribution < 1.29 is 5.11 Å². The average molecular weight is 225 g/mol. The maximum Gasteiger partial charge on any atom is 0.120 e. The molecule has 3 aliphatic rings. The second-order valence-electron chi connectivity index (χ2n) is 5.36. The molecule has 0 bridgehead atoms. The van der Waals surface area contributed by atoms with Crippen LogP contribution in [-0.2, 0) is 0 Å². The van der Waals surface area contributed by atoms with Crippen molar-refractivity contribution in [1.29, 1.82) is 0 Å². The van der Waals surface area contributed by atoms with Crippen LogP contribution in [-0.4, -0.2) is 53.1 Å². The van der Waals surface area contributed by atoms with Crippen molar-refractivity contribution >= 4 is 0 Å². The van der Waals surface area contributed by atoms with E-state index in [1.165, 1.54) is 25.7 Å². The lowest BCUT2D eigenvalue weighted by molar-refractivity contribution is -0.156. The zero-order valence-corrected chi connectivity index (χ0v) is 9.94. The summed E-state index contributed by atoms with van der Waals surface area (Å²) in [6, 6.07) is 1.30. The first-order valence-electron chi connectivity index (χ1n) is 6.81. The van der Waals surface area contributed by atoms with Gasteiger partial charge in [-0.2, -0.15) is 0 Å². The Labute approximate surface area is 97.6 Å². The standard InChI is InChI=1S/C12H23N3O/c16-12-6-3-8-15(12)14-9-7-13-10-4-1-2-5-11(10)14/h10-13,16H,1-9H2. The molecule has 16 heavy (non-hydrogen) atoms.